The number of halogens is 3. The van der Waals surface area contributed by atoms with Crippen molar-refractivity contribution in [3.63, 3.8) is 0 Å². The average molecular weight is 486 g/mol. The molecule has 0 radical (unpaired) electrons. The van der Waals surface area contributed by atoms with E-state index in [0.717, 1.165) is 23.2 Å². The minimum Gasteiger partial charge on any atom is -0.447 e. The molecule has 2 amide bonds. The summed E-state index contributed by atoms with van der Waals surface area (Å²) < 4.78 is 46.6. The largest absolute Gasteiger partial charge is 0.447 e. The summed E-state index contributed by atoms with van der Waals surface area (Å²) in [5, 5.41) is 6.72. The number of aromatic nitrogens is 2. The zero-order chi connectivity index (χ0) is 24.9. The summed E-state index contributed by atoms with van der Waals surface area (Å²) in [7, 11) is 0. The molecule has 0 aliphatic carbocycles. The van der Waals surface area contributed by atoms with Crippen LogP contribution in [0, 0.1) is 17.5 Å². The first kappa shape index (κ1) is 24.0. The number of nitrogens with zero attached hydrogens (tertiary/aromatic N) is 3. The van der Waals surface area contributed by atoms with Crippen molar-refractivity contribution in [2.75, 3.05) is 25.0 Å². The highest BCUT2D eigenvalue weighted by atomic mass is 19.2. The Morgan fingerprint density at radius 1 is 1.09 bits per heavy atom. The van der Waals surface area contributed by atoms with Gasteiger partial charge in [-0.05, 0) is 24.1 Å². The highest BCUT2D eigenvalue weighted by Crippen LogP contribution is 2.17. The van der Waals surface area contributed by atoms with Crippen LogP contribution in [0.1, 0.15) is 24.1 Å². The first-order chi connectivity index (χ1) is 16.8. The fourth-order valence-corrected chi connectivity index (χ4v) is 3.68. The van der Waals surface area contributed by atoms with Crippen molar-refractivity contribution < 1.29 is 27.5 Å². The molecule has 1 saturated heterocycles. The van der Waals surface area contributed by atoms with Crippen LogP contribution in [0.3, 0.4) is 0 Å². The first-order valence-electron chi connectivity index (χ1n) is 10.8. The maximum Gasteiger partial charge on any atom is 0.411 e. The second-order valence-electron chi connectivity index (χ2n) is 7.92. The Morgan fingerprint density at radius 3 is 2.57 bits per heavy atom. The van der Waals surface area contributed by atoms with Gasteiger partial charge in [-0.1, -0.05) is 12.1 Å². The van der Waals surface area contributed by atoms with Crippen LogP contribution in [-0.4, -0.2) is 46.4 Å². The summed E-state index contributed by atoms with van der Waals surface area (Å²) in [6.45, 7) is 1.06. The van der Waals surface area contributed by atoms with E-state index in [0.29, 0.717) is 30.8 Å². The van der Waals surface area contributed by atoms with Crippen LogP contribution < -0.4 is 10.7 Å². The van der Waals surface area contributed by atoms with E-state index < -0.39 is 29.0 Å². The van der Waals surface area contributed by atoms with E-state index >= 15 is 0 Å². The van der Waals surface area contributed by atoms with E-state index in [1.807, 2.05) is 0 Å². The molecule has 1 aliphatic rings. The van der Waals surface area contributed by atoms with Crippen molar-refractivity contribution in [2.45, 2.75) is 19.3 Å². The van der Waals surface area contributed by atoms with Gasteiger partial charge < -0.3 is 9.64 Å². The molecule has 3 aromatic rings. The molecule has 35 heavy (non-hydrogen) atoms. The summed E-state index contributed by atoms with van der Waals surface area (Å²) in [5.74, 6) is -4.30. The van der Waals surface area contributed by atoms with Crippen molar-refractivity contribution >= 4 is 17.7 Å². The molecule has 1 aromatic heterocycles. The number of likely N-dealkylation sites (tertiary alicyclic amines) is 1. The van der Waals surface area contributed by atoms with Gasteiger partial charge in [0, 0.05) is 49.5 Å². The van der Waals surface area contributed by atoms with Crippen LogP contribution in [0.5, 0.6) is 0 Å². The third kappa shape index (κ3) is 5.86. The number of amides is 2. The fraction of sp³-hybridized carbons (Fsp3) is 0.250. The SMILES string of the molecule is O=C(Nc1cccc(Cc2nn(-c3cc(F)c(F)c(F)c3)ccc2=O)c1)OCCN1CCCC1=O. The monoisotopic (exact) mass is 486 g/mol. The highest BCUT2D eigenvalue weighted by Gasteiger charge is 2.20. The van der Waals surface area contributed by atoms with Crippen LogP contribution >= 0.6 is 0 Å². The minimum absolute atomic E-state index is 0.0463. The number of benzene rings is 2. The molecule has 8 nitrogen and oxygen atoms in total. The van der Waals surface area contributed by atoms with E-state index in [1.54, 1.807) is 29.2 Å². The van der Waals surface area contributed by atoms with Gasteiger partial charge in [-0.15, -0.1) is 0 Å². The third-order valence-corrected chi connectivity index (χ3v) is 5.42. The molecule has 0 unspecified atom stereocenters. The second-order valence-corrected chi connectivity index (χ2v) is 7.92. The molecule has 182 valence electrons. The summed E-state index contributed by atoms with van der Waals surface area (Å²) in [6.07, 6.45) is 1.92. The van der Waals surface area contributed by atoms with E-state index in [1.165, 1.54) is 12.3 Å². The topological polar surface area (TPSA) is 93.5 Å². The molecule has 1 aliphatic heterocycles. The van der Waals surface area contributed by atoms with Gasteiger partial charge in [0.05, 0.1) is 12.2 Å². The predicted octanol–water partition coefficient (Wildman–Crippen LogP) is 3.41. The lowest BCUT2D eigenvalue weighted by Gasteiger charge is -2.15. The van der Waals surface area contributed by atoms with Crippen LogP contribution in [0.25, 0.3) is 5.69 Å². The van der Waals surface area contributed by atoms with Gasteiger partial charge >= 0.3 is 6.09 Å². The molecule has 2 heterocycles. The van der Waals surface area contributed by atoms with E-state index in [9.17, 15) is 27.6 Å². The Labute approximate surface area is 197 Å². The molecule has 0 spiro atoms. The maximum absolute atomic E-state index is 13.6. The Morgan fingerprint density at radius 2 is 1.86 bits per heavy atom. The summed E-state index contributed by atoms with van der Waals surface area (Å²) >= 11 is 0. The number of rotatable bonds is 7. The molecular formula is C24H21F3N4O4. The van der Waals surface area contributed by atoms with Crippen LogP contribution in [0.4, 0.5) is 23.7 Å². The number of carbonyl (C=O) groups excluding carboxylic acids is 2. The first-order valence-corrected chi connectivity index (χ1v) is 10.8. The van der Waals surface area contributed by atoms with Crippen molar-refractivity contribution in [2.24, 2.45) is 0 Å². The van der Waals surface area contributed by atoms with Gasteiger partial charge in [0.25, 0.3) is 0 Å². The maximum atomic E-state index is 13.6. The number of hydrogen-bond acceptors (Lipinski definition) is 5. The Kier molecular flexibility index (Phi) is 7.14. The zero-order valence-electron chi connectivity index (χ0n) is 18.5. The minimum atomic E-state index is -1.60. The number of anilines is 1. The lowest BCUT2D eigenvalue weighted by molar-refractivity contribution is -0.128. The van der Waals surface area contributed by atoms with Gasteiger partial charge in [-0.3, -0.25) is 14.9 Å². The molecule has 0 bridgehead atoms. The second kappa shape index (κ2) is 10.4. The Bertz CT molecular complexity index is 1310. The van der Waals surface area contributed by atoms with Crippen LogP contribution in [0.2, 0.25) is 0 Å². The number of nitrogens with one attached hydrogen (secondary N) is 1. The molecule has 1 N–H and O–H groups in total. The smallest absolute Gasteiger partial charge is 0.411 e. The van der Waals surface area contributed by atoms with Crippen LogP contribution in [0.15, 0.2) is 53.5 Å². The van der Waals surface area contributed by atoms with Gasteiger partial charge in [-0.2, -0.15) is 5.10 Å². The summed E-state index contributed by atoms with van der Waals surface area (Å²) in [5.41, 5.74) is 0.635. The lowest BCUT2D eigenvalue weighted by Crippen LogP contribution is -2.30. The van der Waals surface area contributed by atoms with E-state index in [2.05, 4.69) is 10.4 Å². The van der Waals surface area contributed by atoms with E-state index in [-0.39, 0.29) is 30.3 Å². The molecular weight excluding hydrogens is 465 g/mol. The van der Waals surface area contributed by atoms with Crippen molar-refractivity contribution in [3.8, 4) is 5.69 Å². The van der Waals surface area contributed by atoms with Crippen molar-refractivity contribution in [3.05, 3.63) is 87.6 Å². The number of hydrogen-bond donors (Lipinski definition) is 1. The fourth-order valence-electron chi connectivity index (χ4n) is 3.68. The molecule has 1 fully saturated rings. The van der Waals surface area contributed by atoms with Gasteiger partial charge in [-0.25, -0.2) is 22.6 Å². The molecule has 11 heteroatoms. The van der Waals surface area contributed by atoms with Gasteiger partial charge in [0.15, 0.2) is 17.5 Å². The van der Waals surface area contributed by atoms with Gasteiger partial charge in [0.1, 0.15) is 12.3 Å². The lowest BCUT2D eigenvalue weighted by atomic mass is 10.1. The molecule has 2 aromatic carbocycles. The highest BCUT2D eigenvalue weighted by molar-refractivity contribution is 5.84. The standard InChI is InChI=1S/C24H21F3N4O4/c25-18-13-17(14-19(26)23(18)27)31-8-6-21(32)20(29-31)12-15-3-1-4-16(11-15)28-24(34)35-10-9-30-7-2-5-22(30)33/h1,3-4,6,8,11,13-14H,2,5,7,9-10,12H2,(H,28,34). The molecule has 0 saturated carbocycles. The van der Waals surface area contributed by atoms with Gasteiger partial charge in [0.2, 0.25) is 11.3 Å². The summed E-state index contributed by atoms with van der Waals surface area (Å²) in [6, 6.07) is 9.37. The van der Waals surface area contributed by atoms with Crippen molar-refractivity contribution in [1.29, 1.82) is 0 Å². The summed E-state index contributed by atoms with van der Waals surface area (Å²) in [4.78, 5) is 37.6. The molecule has 0 atom stereocenters. The molecule has 4 rings (SSSR count). The quantitative estimate of drug-likeness (QED) is 0.517. The van der Waals surface area contributed by atoms with E-state index in [4.69, 9.17) is 4.74 Å². The number of ether oxygens (including phenoxy) is 1. The zero-order valence-corrected chi connectivity index (χ0v) is 18.5. The number of carbonyl (C=O) groups is 2. The van der Waals surface area contributed by atoms with Crippen LogP contribution in [-0.2, 0) is 16.0 Å². The normalized spacial score (nSPS) is 13.2. The Hall–Kier alpha value is -4.15. The van der Waals surface area contributed by atoms with Crippen molar-refractivity contribution in [1.82, 2.24) is 14.7 Å². The third-order valence-electron chi connectivity index (χ3n) is 5.42. The average Bonchev–Trinajstić information content (AvgIpc) is 3.23. The predicted molar refractivity (Wildman–Crippen MR) is 120 cm³/mol. The Balaban J connectivity index is 1.42.